The first-order valence-corrected chi connectivity index (χ1v) is 7.35. The van der Waals surface area contributed by atoms with Crippen LogP contribution in [0.4, 0.5) is 4.79 Å². The van der Waals surface area contributed by atoms with Gasteiger partial charge in [-0.25, -0.2) is 4.79 Å². The Morgan fingerprint density at radius 1 is 1.29 bits per heavy atom. The van der Waals surface area contributed by atoms with Gasteiger partial charge < -0.3 is 15.3 Å². The Morgan fingerprint density at radius 2 is 1.95 bits per heavy atom. The molecule has 114 valence electrons. The van der Waals surface area contributed by atoms with Crippen molar-refractivity contribution in [2.24, 2.45) is 11.8 Å². The number of rotatable bonds is 4. The molecule has 0 spiro atoms. The molecular weight excluding hydrogens is 268 g/mol. The van der Waals surface area contributed by atoms with Crippen LogP contribution in [0, 0.1) is 11.8 Å². The SMILES string of the molecule is CCc1ccccc1CNC(=O)N1C[C@@H](C)[C@H](C(=O)O)C1. The molecule has 0 unspecified atom stereocenters. The summed E-state index contributed by atoms with van der Waals surface area (Å²) in [5.74, 6) is -1.29. The second kappa shape index (κ2) is 6.61. The lowest BCUT2D eigenvalue weighted by atomic mass is 9.99. The zero-order valence-electron chi connectivity index (χ0n) is 12.5. The number of hydrogen-bond donors (Lipinski definition) is 2. The van der Waals surface area contributed by atoms with Gasteiger partial charge in [0.1, 0.15) is 0 Å². The van der Waals surface area contributed by atoms with Crippen molar-refractivity contribution < 1.29 is 14.7 Å². The van der Waals surface area contributed by atoms with Crippen LogP contribution in [0.3, 0.4) is 0 Å². The molecular formula is C16H22N2O3. The highest BCUT2D eigenvalue weighted by Crippen LogP contribution is 2.23. The number of likely N-dealkylation sites (tertiary alicyclic amines) is 1. The minimum absolute atomic E-state index is 0.00354. The number of aliphatic carboxylic acids is 1. The van der Waals surface area contributed by atoms with E-state index in [-0.39, 0.29) is 18.5 Å². The third-order valence-electron chi connectivity index (χ3n) is 4.15. The van der Waals surface area contributed by atoms with Crippen molar-refractivity contribution in [3.8, 4) is 0 Å². The fraction of sp³-hybridized carbons (Fsp3) is 0.500. The van der Waals surface area contributed by atoms with Gasteiger partial charge in [-0.2, -0.15) is 0 Å². The molecule has 0 radical (unpaired) electrons. The normalized spacial score (nSPS) is 21.3. The monoisotopic (exact) mass is 290 g/mol. The third kappa shape index (κ3) is 3.54. The van der Waals surface area contributed by atoms with Gasteiger partial charge in [0.25, 0.3) is 0 Å². The van der Waals surface area contributed by atoms with Gasteiger partial charge in [-0.1, -0.05) is 38.1 Å². The summed E-state index contributed by atoms with van der Waals surface area (Å²) in [4.78, 5) is 24.8. The molecule has 0 saturated carbocycles. The first-order chi connectivity index (χ1) is 10.0. The smallest absolute Gasteiger partial charge is 0.317 e. The lowest BCUT2D eigenvalue weighted by Gasteiger charge is -2.17. The molecule has 1 aromatic rings. The standard InChI is InChI=1S/C16H22N2O3/c1-3-12-6-4-5-7-13(12)8-17-16(21)18-9-11(2)14(10-18)15(19)20/h4-7,11,14H,3,8-10H2,1-2H3,(H,17,21)(H,19,20)/t11-,14-/m1/s1. The van der Waals surface area contributed by atoms with E-state index in [2.05, 4.69) is 18.3 Å². The Hall–Kier alpha value is -2.04. The minimum atomic E-state index is -0.825. The zero-order chi connectivity index (χ0) is 15.4. The van der Waals surface area contributed by atoms with Gasteiger partial charge in [-0.3, -0.25) is 4.79 Å². The number of urea groups is 1. The Labute approximate surface area is 125 Å². The number of hydrogen-bond acceptors (Lipinski definition) is 2. The van der Waals surface area contributed by atoms with Crippen LogP contribution in [0.25, 0.3) is 0 Å². The molecule has 2 N–H and O–H groups in total. The van der Waals surface area contributed by atoms with Crippen LogP contribution in [0.5, 0.6) is 0 Å². The average molecular weight is 290 g/mol. The lowest BCUT2D eigenvalue weighted by molar-refractivity contribution is -0.142. The zero-order valence-corrected chi connectivity index (χ0v) is 12.5. The second-order valence-corrected chi connectivity index (χ2v) is 5.61. The van der Waals surface area contributed by atoms with Crippen molar-refractivity contribution in [3.05, 3.63) is 35.4 Å². The molecule has 5 nitrogen and oxygen atoms in total. The number of carbonyl (C=O) groups excluding carboxylic acids is 1. The number of carbonyl (C=O) groups is 2. The number of nitrogens with one attached hydrogen (secondary N) is 1. The molecule has 1 saturated heterocycles. The maximum absolute atomic E-state index is 12.2. The van der Waals surface area contributed by atoms with Crippen molar-refractivity contribution in [1.82, 2.24) is 10.2 Å². The fourth-order valence-electron chi connectivity index (χ4n) is 2.81. The van der Waals surface area contributed by atoms with Gasteiger partial charge in [0.15, 0.2) is 0 Å². The number of carboxylic acid groups (broad SMARTS) is 1. The predicted molar refractivity (Wildman–Crippen MR) is 79.9 cm³/mol. The van der Waals surface area contributed by atoms with E-state index < -0.39 is 11.9 Å². The van der Waals surface area contributed by atoms with Crippen molar-refractivity contribution in [2.75, 3.05) is 13.1 Å². The Balaban J connectivity index is 1.92. The average Bonchev–Trinajstić information content (AvgIpc) is 2.87. The van der Waals surface area contributed by atoms with Gasteiger partial charge in [0, 0.05) is 19.6 Å². The van der Waals surface area contributed by atoms with Crippen molar-refractivity contribution in [1.29, 1.82) is 0 Å². The summed E-state index contributed by atoms with van der Waals surface area (Å²) in [7, 11) is 0. The van der Waals surface area contributed by atoms with E-state index in [0.717, 1.165) is 12.0 Å². The first-order valence-electron chi connectivity index (χ1n) is 7.35. The summed E-state index contributed by atoms with van der Waals surface area (Å²) >= 11 is 0. The largest absolute Gasteiger partial charge is 0.481 e. The maximum Gasteiger partial charge on any atom is 0.317 e. The Morgan fingerprint density at radius 3 is 2.52 bits per heavy atom. The molecule has 0 bridgehead atoms. The number of benzene rings is 1. The molecule has 1 aromatic carbocycles. The summed E-state index contributed by atoms with van der Waals surface area (Å²) in [6, 6.07) is 7.82. The first kappa shape index (κ1) is 15.4. The molecule has 21 heavy (non-hydrogen) atoms. The minimum Gasteiger partial charge on any atom is -0.481 e. The van der Waals surface area contributed by atoms with Crippen LogP contribution >= 0.6 is 0 Å². The molecule has 0 aromatic heterocycles. The van der Waals surface area contributed by atoms with Crippen molar-refractivity contribution in [2.45, 2.75) is 26.8 Å². The second-order valence-electron chi connectivity index (χ2n) is 5.61. The van der Waals surface area contributed by atoms with E-state index in [1.807, 2.05) is 25.1 Å². The van der Waals surface area contributed by atoms with Crippen LogP contribution < -0.4 is 5.32 Å². The summed E-state index contributed by atoms with van der Waals surface area (Å²) in [6.45, 7) is 5.22. The van der Waals surface area contributed by atoms with E-state index in [1.54, 1.807) is 4.90 Å². The molecule has 0 aliphatic carbocycles. The molecule has 1 fully saturated rings. The van der Waals surface area contributed by atoms with Crippen LogP contribution in [0.15, 0.2) is 24.3 Å². The van der Waals surface area contributed by atoms with E-state index >= 15 is 0 Å². The molecule has 1 heterocycles. The topological polar surface area (TPSA) is 69.6 Å². The Kier molecular flexibility index (Phi) is 4.83. The van der Waals surface area contributed by atoms with E-state index in [9.17, 15) is 9.59 Å². The highest BCUT2D eigenvalue weighted by atomic mass is 16.4. The highest BCUT2D eigenvalue weighted by Gasteiger charge is 2.36. The number of aryl methyl sites for hydroxylation is 1. The van der Waals surface area contributed by atoms with Crippen LogP contribution in [-0.2, 0) is 17.8 Å². The van der Waals surface area contributed by atoms with Crippen molar-refractivity contribution in [3.63, 3.8) is 0 Å². The third-order valence-corrected chi connectivity index (χ3v) is 4.15. The lowest BCUT2D eigenvalue weighted by Crippen LogP contribution is -2.38. The van der Waals surface area contributed by atoms with Crippen LogP contribution in [0.2, 0.25) is 0 Å². The van der Waals surface area contributed by atoms with Gasteiger partial charge in [-0.15, -0.1) is 0 Å². The number of carboxylic acids is 1. The van der Waals surface area contributed by atoms with Gasteiger partial charge >= 0.3 is 12.0 Å². The molecule has 1 aliphatic rings. The van der Waals surface area contributed by atoms with E-state index in [4.69, 9.17) is 5.11 Å². The molecule has 5 heteroatoms. The predicted octanol–water partition coefficient (Wildman–Crippen LogP) is 2.11. The van der Waals surface area contributed by atoms with Crippen LogP contribution in [-0.4, -0.2) is 35.1 Å². The maximum atomic E-state index is 12.2. The molecule has 1 aliphatic heterocycles. The van der Waals surface area contributed by atoms with Gasteiger partial charge in [0.05, 0.1) is 5.92 Å². The molecule has 2 rings (SSSR count). The van der Waals surface area contributed by atoms with Crippen molar-refractivity contribution >= 4 is 12.0 Å². The van der Waals surface area contributed by atoms with E-state index in [0.29, 0.717) is 13.1 Å². The quantitative estimate of drug-likeness (QED) is 0.892. The summed E-state index contributed by atoms with van der Waals surface area (Å²) < 4.78 is 0. The number of amides is 2. The highest BCUT2D eigenvalue weighted by molar-refractivity contribution is 5.77. The van der Waals surface area contributed by atoms with E-state index in [1.165, 1.54) is 5.56 Å². The summed E-state index contributed by atoms with van der Waals surface area (Å²) in [5.41, 5.74) is 2.33. The van der Waals surface area contributed by atoms with Gasteiger partial charge in [-0.05, 0) is 23.5 Å². The fourth-order valence-corrected chi connectivity index (χ4v) is 2.81. The van der Waals surface area contributed by atoms with Gasteiger partial charge in [0.2, 0.25) is 0 Å². The summed E-state index contributed by atoms with van der Waals surface area (Å²) in [5, 5.41) is 12.0. The molecule has 2 amide bonds. The summed E-state index contributed by atoms with van der Waals surface area (Å²) in [6.07, 6.45) is 0.924. The number of nitrogens with zero attached hydrogens (tertiary/aromatic N) is 1. The Bertz CT molecular complexity index is 530. The molecule has 2 atom stereocenters. The van der Waals surface area contributed by atoms with Crippen LogP contribution in [0.1, 0.15) is 25.0 Å².